The second kappa shape index (κ2) is 4.98. The highest BCUT2D eigenvalue weighted by atomic mass is 35.9. The lowest BCUT2D eigenvalue weighted by Gasteiger charge is -2.13. The molecule has 0 radical (unpaired) electrons. The van der Waals surface area contributed by atoms with E-state index < -0.39 is 5.97 Å². The first-order chi connectivity index (χ1) is 8.03. The maximum absolute atomic E-state index is 6.67. The molecule has 0 nitrogen and oxygen atoms in total. The van der Waals surface area contributed by atoms with Crippen molar-refractivity contribution in [2.24, 2.45) is 0 Å². The number of benzene rings is 2. The molecule has 2 aromatic rings. The van der Waals surface area contributed by atoms with Crippen LogP contribution in [0.1, 0.15) is 11.1 Å². The van der Waals surface area contributed by atoms with Gasteiger partial charge in [-0.15, -0.1) is 0 Å². The lowest BCUT2D eigenvalue weighted by atomic mass is 10.2. The second-order valence-corrected chi connectivity index (χ2v) is 9.64. The number of halogens is 2. The van der Waals surface area contributed by atoms with Crippen LogP contribution in [0.5, 0.6) is 0 Å². The van der Waals surface area contributed by atoms with Gasteiger partial charge in [0.1, 0.15) is 33.1 Å². The predicted octanol–water partition coefficient (Wildman–Crippen LogP) is 4.58. The van der Waals surface area contributed by atoms with Crippen LogP contribution in [-0.4, -0.2) is 0 Å². The second-order valence-electron chi connectivity index (χ2n) is 4.09. The fraction of sp³-hybridized carbons (Fsp3) is 0.143. The highest BCUT2D eigenvalue weighted by Crippen LogP contribution is 2.67. The van der Waals surface area contributed by atoms with E-state index in [1.165, 1.54) is 0 Å². The van der Waals surface area contributed by atoms with E-state index in [2.05, 4.69) is 0 Å². The van der Waals surface area contributed by atoms with E-state index in [0.717, 1.165) is 21.7 Å². The van der Waals surface area contributed by atoms with Crippen LogP contribution in [-0.2, 0) is 0 Å². The molecule has 0 aliphatic rings. The van der Waals surface area contributed by atoms with Crippen LogP contribution < -0.4 is 10.6 Å². The van der Waals surface area contributed by atoms with Crippen LogP contribution in [0.3, 0.4) is 0 Å². The molecule has 0 saturated heterocycles. The monoisotopic (exact) mass is 283 g/mol. The molecule has 0 unspecified atom stereocenters. The first kappa shape index (κ1) is 12.9. The van der Waals surface area contributed by atoms with Crippen LogP contribution in [0.15, 0.2) is 48.5 Å². The molecular formula is C14H14Cl2P+. The van der Waals surface area contributed by atoms with Crippen LogP contribution in [0.2, 0.25) is 0 Å². The Labute approximate surface area is 112 Å². The van der Waals surface area contributed by atoms with Gasteiger partial charge in [-0.05, 0) is 37.1 Å². The minimum absolute atomic E-state index is 1.05. The first-order valence-corrected chi connectivity index (χ1v) is 9.04. The molecule has 0 N–H and O–H groups in total. The Morgan fingerprint density at radius 1 is 0.706 bits per heavy atom. The average Bonchev–Trinajstić information content (AvgIpc) is 2.29. The van der Waals surface area contributed by atoms with Crippen molar-refractivity contribution in [2.75, 3.05) is 0 Å². The van der Waals surface area contributed by atoms with Crippen molar-refractivity contribution in [3.8, 4) is 0 Å². The molecule has 0 fully saturated rings. The Hall–Kier alpha value is -0.550. The number of hydrogen-bond acceptors (Lipinski definition) is 0. The van der Waals surface area contributed by atoms with E-state index in [9.17, 15) is 0 Å². The smallest absolute Gasteiger partial charge is 0.0617 e. The minimum Gasteiger partial charge on any atom is -0.0617 e. The number of rotatable bonds is 2. The summed E-state index contributed by atoms with van der Waals surface area (Å²) in [6.45, 7) is 4.10. The largest absolute Gasteiger partial charge is 0.276 e. The summed E-state index contributed by atoms with van der Waals surface area (Å²) < 4.78 is 0. The summed E-state index contributed by atoms with van der Waals surface area (Å²) in [6.07, 6.45) is 0. The van der Waals surface area contributed by atoms with E-state index in [-0.39, 0.29) is 0 Å². The quantitative estimate of drug-likeness (QED) is 0.708. The van der Waals surface area contributed by atoms with Crippen LogP contribution >= 0.6 is 28.4 Å². The van der Waals surface area contributed by atoms with Crippen molar-refractivity contribution in [1.82, 2.24) is 0 Å². The molecular weight excluding hydrogens is 270 g/mol. The Morgan fingerprint density at radius 2 is 1.06 bits per heavy atom. The lowest BCUT2D eigenvalue weighted by molar-refractivity contribution is 1.51. The summed E-state index contributed by atoms with van der Waals surface area (Å²) in [5.41, 5.74) is 2.29. The van der Waals surface area contributed by atoms with Crippen LogP contribution in [0.25, 0.3) is 0 Å². The van der Waals surface area contributed by atoms with Crippen molar-refractivity contribution < 1.29 is 0 Å². The van der Waals surface area contributed by atoms with Gasteiger partial charge in [-0.2, -0.15) is 0 Å². The summed E-state index contributed by atoms with van der Waals surface area (Å²) in [6, 6.07) is 16.1. The molecule has 0 aliphatic heterocycles. The fourth-order valence-corrected chi connectivity index (χ4v) is 6.00. The Morgan fingerprint density at radius 3 is 1.41 bits per heavy atom. The Balaban J connectivity index is 2.58. The van der Waals surface area contributed by atoms with Crippen molar-refractivity contribution in [3.63, 3.8) is 0 Å². The molecule has 17 heavy (non-hydrogen) atoms. The normalized spacial score (nSPS) is 11.5. The van der Waals surface area contributed by atoms with Gasteiger partial charge in [-0.1, -0.05) is 36.4 Å². The molecule has 0 aliphatic carbocycles. The van der Waals surface area contributed by atoms with Gasteiger partial charge in [0, 0.05) is 0 Å². The minimum atomic E-state index is -2.28. The van der Waals surface area contributed by atoms with Crippen molar-refractivity contribution in [3.05, 3.63) is 59.7 Å². The third-order valence-electron chi connectivity index (χ3n) is 2.84. The maximum atomic E-state index is 6.67. The molecule has 0 saturated carbocycles. The molecule has 0 heterocycles. The van der Waals surface area contributed by atoms with Crippen molar-refractivity contribution in [1.29, 1.82) is 0 Å². The van der Waals surface area contributed by atoms with Crippen LogP contribution in [0, 0.1) is 13.8 Å². The SMILES string of the molecule is Cc1ccccc1[P+](Cl)(Cl)c1ccccc1C. The summed E-state index contributed by atoms with van der Waals surface area (Å²) >= 11 is 13.3. The first-order valence-electron chi connectivity index (χ1n) is 5.44. The molecule has 2 aromatic carbocycles. The van der Waals surface area contributed by atoms with Gasteiger partial charge in [0.25, 0.3) is 5.97 Å². The van der Waals surface area contributed by atoms with E-state index in [4.69, 9.17) is 22.5 Å². The zero-order chi connectivity index (χ0) is 12.5. The Kier molecular flexibility index (Phi) is 3.78. The van der Waals surface area contributed by atoms with Gasteiger partial charge in [0.2, 0.25) is 0 Å². The van der Waals surface area contributed by atoms with Gasteiger partial charge in [0.15, 0.2) is 0 Å². The molecule has 0 spiro atoms. The molecule has 2 rings (SSSR count). The number of hydrogen-bond donors (Lipinski definition) is 0. The summed E-state index contributed by atoms with van der Waals surface area (Å²) in [4.78, 5) is 0. The molecule has 3 heteroatoms. The van der Waals surface area contributed by atoms with Gasteiger partial charge in [-0.3, -0.25) is 0 Å². The topological polar surface area (TPSA) is 0 Å². The van der Waals surface area contributed by atoms with Crippen molar-refractivity contribution in [2.45, 2.75) is 13.8 Å². The molecule has 88 valence electrons. The molecule has 0 aromatic heterocycles. The molecule has 0 amide bonds. The van der Waals surface area contributed by atoms with Crippen LogP contribution in [0.4, 0.5) is 0 Å². The average molecular weight is 284 g/mol. The Bertz CT molecular complexity index is 488. The van der Waals surface area contributed by atoms with E-state index in [0.29, 0.717) is 0 Å². The maximum Gasteiger partial charge on any atom is 0.276 e. The third kappa shape index (κ3) is 2.50. The van der Waals surface area contributed by atoms with E-state index in [1.807, 2.05) is 62.4 Å². The van der Waals surface area contributed by atoms with E-state index >= 15 is 0 Å². The van der Waals surface area contributed by atoms with Gasteiger partial charge < -0.3 is 0 Å². The predicted molar refractivity (Wildman–Crippen MR) is 80.3 cm³/mol. The lowest BCUT2D eigenvalue weighted by Crippen LogP contribution is -2.18. The third-order valence-corrected chi connectivity index (χ3v) is 7.24. The highest BCUT2D eigenvalue weighted by Gasteiger charge is 2.43. The van der Waals surface area contributed by atoms with Gasteiger partial charge in [0.05, 0.1) is 0 Å². The summed E-state index contributed by atoms with van der Waals surface area (Å²) in [7, 11) is 0. The van der Waals surface area contributed by atoms with Crippen molar-refractivity contribution >= 4 is 39.1 Å². The zero-order valence-corrected chi connectivity index (χ0v) is 12.2. The molecule has 0 atom stereocenters. The summed E-state index contributed by atoms with van der Waals surface area (Å²) in [5, 5.41) is 2.11. The highest BCUT2D eigenvalue weighted by molar-refractivity contribution is 8.26. The van der Waals surface area contributed by atoms with E-state index in [1.54, 1.807) is 0 Å². The van der Waals surface area contributed by atoms with Gasteiger partial charge >= 0.3 is 0 Å². The standard InChI is InChI=1S/C14H14Cl2P/c1-11-7-3-5-9-13(11)17(15,16)14-10-6-4-8-12(14)2/h3-10H,1-2H3/q+1. The zero-order valence-electron chi connectivity index (χ0n) is 9.82. The molecule has 0 bridgehead atoms. The number of aryl methyl sites for hydroxylation is 2. The van der Waals surface area contributed by atoms with Gasteiger partial charge in [-0.25, -0.2) is 0 Å². The fourth-order valence-electron chi connectivity index (χ4n) is 1.89. The summed E-state index contributed by atoms with van der Waals surface area (Å²) in [5.74, 6) is -2.28.